The summed E-state index contributed by atoms with van der Waals surface area (Å²) in [5, 5.41) is 0. The quantitative estimate of drug-likeness (QED) is 0.0261. The monoisotopic (exact) mass is 1120 g/mol. The predicted molar refractivity (Wildman–Crippen MR) is 349 cm³/mol. The maximum atomic E-state index is 12.9. The number of rotatable bonds is 66. The molecule has 0 aliphatic rings. The van der Waals surface area contributed by atoms with Gasteiger partial charge in [0.15, 0.2) is 6.10 Å². The van der Waals surface area contributed by atoms with Crippen molar-refractivity contribution in [3.63, 3.8) is 0 Å². The minimum absolute atomic E-state index is 0.0897. The molecular weight excluding hydrogens is 985 g/mol. The summed E-state index contributed by atoms with van der Waals surface area (Å²) in [4.78, 5) is 38.4. The Hall–Kier alpha value is -2.63. The molecule has 0 bridgehead atoms. The fraction of sp³-hybridized carbons (Fsp3) is 0.851. The number of hydrogen-bond acceptors (Lipinski definition) is 6. The molecule has 0 aromatic rings. The van der Waals surface area contributed by atoms with Crippen LogP contribution in [0.15, 0.2) is 48.6 Å². The van der Waals surface area contributed by atoms with E-state index in [1.807, 2.05) is 6.08 Å². The third-order valence-corrected chi connectivity index (χ3v) is 16.1. The first kappa shape index (κ1) is 77.4. The lowest BCUT2D eigenvalue weighted by atomic mass is 10.0. The van der Waals surface area contributed by atoms with Crippen molar-refractivity contribution in [2.75, 3.05) is 13.2 Å². The molecule has 1 unspecified atom stereocenters. The number of carbonyl (C=O) groups is 3. The van der Waals surface area contributed by atoms with E-state index in [-0.39, 0.29) is 37.5 Å². The van der Waals surface area contributed by atoms with Gasteiger partial charge in [0.25, 0.3) is 0 Å². The molecule has 0 rings (SSSR count). The topological polar surface area (TPSA) is 78.9 Å². The van der Waals surface area contributed by atoms with Crippen molar-refractivity contribution in [1.29, 1.82) is 0 Å². The Labute approximate surface area is 498 Å². The van der Waals surface area contributed by atoms with Crippen molar-refractivity contribution in [1.82, 2.24) is 0 Å². The van der Waals surface area contributed by atoms with Crippen LogP contribution in [-0.4, -0.2) is 37.2 Å². The standard InChI is InChI=1S/C74H136O6/c1-4-7-10-13-16-19-22-25-27-29-31-33-35-36-37-39-40-42-44-46-49-52-55-58-61-64-67-73(76)79-70-71(69-78-72(75)66-63-60-57-54-51-48-24-21-18-15-12-9-6-3)80-74(77)68-65-62-59-56-53-50-47-45-43-41-38-34-32-30-28-26-23-20-17-14-11-8-5-2/h9,12,18,21,48,51,57,60,71H,4-8,10-11,13-17,19-20,22-47,49-50,52-56,58-59,61-70H2,1-3H3/b12-9-,21-18-,51-48-,60-57-. The highest BCUT2D eigenvalue weighted by atomic mass is 16.6. The van der Waals surface area contributed by atoms with E-state index in [2.05, 4.69) is 63.3 Å². The van der Waals surface area contributed by atoms with Crippen LogP contribution < -0.4 is 0 Å². The zero-order chi connectivity index (χ0) is 57.8. The molecule has 0 saturated carbocycles. The molecule has 80 heavy (non-hydrogen) atoms. The van der Waals surface area contributed by atoms with Gasteiger partial charge in [-0.05, 0) is 44.9 Å². The number of hydrogen-bond donors (Lipinski definition) is 0. The Kier molecular flexibility index (Phi) is 66.6. The van der Waals surface area contributed by atoms with Gasteiger partial charge in [0.1, 0.15) is 13.2 Å². The van der Waals surface area contributed by atoms with Crippen LogP contribution >= 0.6 is 0 Å². The summed E-state index contributed by atoms with van der Waals surface area (Å²) in [6, 6.07) is 0. The number of carbonyl (C=O) groups excluding carboxylic acids is 3. The average molecular weight is 1120 g/mol. The van der Waals surface area contributed by atoms with Crippen LogP contribution in [0.3, 0.4) is 0 Å². The van der Waals surface area contributed by atoms with Crippen LogP contribution in [0, 0.1) is 0 Å². The SMILES string of the molecule is CC/C=C\C/C=C\C/C=C\C/C=C\CCC(=O)OCC(COC(=O)CCCCCCCCCCCCCCCCCCCCCCCCCCCC)OC(=O)CCCCCCCCCCCCCCCCCCCCCCCCC. The lowest BCUT2D eigenvalue weighted by Crippen LogP contribution is -2.30. The molecule has 0 aromatic carbocycles. The normalized spacial score (nSPS) is 12.3. The summed E-state index contributed by atoms with van der Waals surface area (Å²) in [7, 11) is 0. The maximum absolute atomic E-state index is 12.9. The number of allylic oxidation sites excluding steroid dienone is 8. The van der Waals surface area contributed by atoms with Gasteiger partial charge in [-0.1, -0.05) is 371 Å². The second-order valence-corrected chi connectivity index (χ2v) is 24.1. The second kappa shape index (κ2) is 68.9. The Morgan fingerprint density at radius 3 is 0.762 bits per heavy atom. The minimum Gasteiger partial charge on any atom is -0.462 e. The van der Waals surface area contributed by atoms with E-state index in [1.165, 1.54) is 276 Å². The van der Waals surface area contributed by atoms with Gasteiger partial charge in [-0.2, -0.15) is 0 Å². The van der Waals surface area contributed by atoms with E-state index in [4.69, 9.17) is 14.2 Å². The zero-order valence-corrected chi connectivity index (χ0v) is 53.9. The molecule has 1 atom stereocenters. The molecule has 0 spiro atoms. The Balaban J connectivity index is 4.23. The highest BCUT2D eigenvalue weighted by Gasteiger charge is 2.19. The Bertz CT molecular complexity index is 1380. The lowest BCUT2D eigenvalue weighted by Gasteiger charge is -2.18. The summed E-state index contributed by atoms with van der Waals surface area (Å²) >= 11 is 0. The van der Waals surface area contributed by atoms with Crippen molar-refractivity contribution < 1.29 is 28.6 Å². The molecule has 0 aliphatic carbocycles. The third kappa shape index (κ3) is 66.2. The van der Waals surface area contributed by atoms with Crippen LogP contribution in [0.5, 0.6) is 0 Å². The second-order valence-electron chi connectivity index (χ2n) is 24.1. The van der Waals surface area contributed by atoms with Crippen LogP contribution in [0.25, 0.3) is 0 Å². The predicted octanol–water partition coefficient (Wildman–Crippen LogP) is 24.5. The molecule has 0 fully saturated rings. The molecule has 0 heterocycles. The largest absolute Gasteiger partial charge is 0.462 e. The summed E-state index contributed by atoms with van der Waals surface area (Å²) < 4.78 is 16.9. The third-order valence-electron chi connectivity index (χ3n) is 16.1. The van der Waals surface area contributed by atoms with Crippen LogP contribution in [0.2, 0.25) is 0 Å². The summed E-state index contributed by atoms with van der Waals surface area (Å²) in [5.74, 6) is -0.947. The molecule has 0 aromatic heterocycles. The van der Waals surface area contributed by atoms with E-state index in [1.54, 1.807) is 0 Å². The van der Waals surface area contributed by atoms with Crippen molar-refractivity contribution in [2.45, 2.75) is 393 Å². The summed E-state index contributed by atoms with van der Waals surface area (Å²) in [6.07, 6.45) is 87.5. The molecule has 6 nitrogen and oxygen atoms in total. The molecule has 0 amide bonds. The highest BCUT2D eigenvalue weighted by Crippen LogP contribution is 2.19. The van der Waals surface area contributed by atoms with Crippen molar-refractivity contribution in [3.05, 3.63) is 48.6 Å². The van der Waals surface area contributed by atoms with E-state index in [0.717, 1.165) is 64.2 Å². The van der Waals surface area contributed by atoms with E-state index < -0.39 is 6.10 Å². The van der Waals surface area contributed by atoms with Gasteiger partial charge in [0.2, 0.25) is 0 Å². The van der Waals surface area contributed by atoms with Crippen LogP contribution in [-0.2, 0) is 28.6 Å². The fourth-order valence-corrected chi connectivity index (χ4v) is 10.8. The number of esters is 3. The average Bonchev–Trinajstić information content (AvgIpc) is 3.46. The van der Waals surface area contributed by atoms with Gasteiger partial charge >= 0.3 is 17.9 Å². The minimum atomic E-state index is -0.800. The van der Waals surface area contributed by atoms with Crippen molar-refractivity contribution >= 4 is 17.9 Å². The van der Waals surface area contributed by atoms with Crippen LogP contribution in [0.1, 0.15) is 387 Å². The molecule has 0 saturated heterocycles. The maximum Gasteiger partial charge on any atom is 0.306 e. The molecular formula is C74H136O6. The smallest absolute Gasteiger partial charge is 0.306 e. The van der Waals surface area contributed by atoms with Gasteiger partial charge in [0, 0.05) is 19.3 Å². The van der Waals surface area contributed by atoms with E-state index >= 15 is 0 Å². The molecule has 0 aliphatic heterocycles. The molecule has 0 N–H and O–H groups in total. The summed E-state index contributed by atoms with van der Waals surface area (Å²) in [5.41, 5.74) is 0. The Morgan fingerprint density at radius 2 is 0.487 bits per heavy atom. The first-order valence-electron chi connectivity index (χ1n) is 35.6. The van der Waals surface area contributed by atoms with E-state index in [9.17, 15) is 14.4 Å². The van der Waals surface area contributed by atoms with Gasteiger partial charge in [0.05, 0.1) is 0 Å². The molecule has 468 valence electrons. The Morgan fingerprint density at radius 1 is 0.263 bits per heavy atom. The van der Waals surface area contributed by atoms with Gasteiger partial charge in [-0.25, -0.2) is 0 Å². The van der Waals surface area contributed by atoms with Gasteiger partial charge < -0.3 is 14.2 Å². The lowest BCUT2D eigenvalue weighted by molar-refractivity contribution is -0.166. The van der Waals surface area contributed by atoms with Crippen molar-refractivity contribution in [2.24, 2.45) is 0 Å². The first-order chi connectivity index (χ1) is 39.5. The summed E-state index contributed by atoms with van der Waals surface area (Å²) in [6.45, 7) is 6.54. The molecule has 6 heteroatoms. The molecule has 0 radical (unpaired) electrons. The number of ether oxygens (including phenoxy) is 3. The first-order valence-corrected chi connectivity index (χ1v) is 35.6. The van der Waals surface area contributed by atoms with Crippen LogP contribution in [0.4, 0.5) is 0 Å². The van der Waals surface area contributed by atoms with Gasteiger partial charge in [-0.3, -0.25) is 14.4 Å². The van der Waals surface area contributed by atoms with Crippen molar-refractivity contribution in [3.8, 4) is 0 Å². The highest BCUT2D eigenvalue weighted by molar-refractivity contribution is 5.71. The van der Waals surface area contributed by atoms with E-state index in [0.29, 0.717) is 19.3 Å². The van der Waals surface area contributed by atoms with Gasteiger partial charge in [-0.15, -0.1) is 0 Å². The fourth-order valence-electron chi connectivity index (χ4n) is 10.8. The zero-order valence-electron chi connectivity index (χ0n) is 53.9. The number of unbranched alkanes of at least 4 members (excludes halogenated alkanes) is 47.